The van der Waals surface area contributed by atoms with Crippen molar-refractivity contribution in [3.63, 3.8) is 0 Å². The van der Waals surface area contributed by atoms with Gasteiger partial charge in [-0.15, -0.1) is 11.3 Å². The molecule has 0 saturated carbocycles. The van der Waals surface area contributed by atoms with Crippen LogP contribution in [0.2, 0.25) is 0 Å². The molecule has 4 nitrogen and oxygen atoms in total. The maximum Gasteiger partial charge on any atom is 0.416 e. The molecule has 0 fully saturated rings. The molecule has 23 heavy (non-hydrogen) atoms. The van der Waals surface area contributed by atoms with Gasteiger partial charge in [0.15, 0.2) is 5.17 Å². The molecule has 1 amide bonds. The van der Waals surface area contributed by atoms with Crippen LogP contribution >= 0.6 is 23.1 Å². The Labute approximate surface area is 138 Å². The summed E-state index contributed by atoms with van der Waals surface area (Å²) in [6.45, 7) is 0.708. The van der Waals surface area contributed by atoms with Gasteiger partial charge in [-0.3, -0.25) is 9.79 Å². The fraction of sp³-hybridized carbons (Fsp3) is 0.357. The van der Waals surface area contributed by atoms with Crippen LogP contribution < -0.4 is 5.32 Å². The van der Waals surface area contributed by atoms with E-state index in [0.29, 0.717) is 33.4 Å². The number of fused-ring (bicyclic) bond motifs is 1. The number of amidine groups is 1. The standard InChI is InChI=1S/C14H12F3N3OS2/c15-14(16,17)8-1-2-10-9(7-8)19-12(23-10)4-3-11(21)20-13-18-5-6-22-13/h1-2,7H,3-6H2,(H,18,20,21). The van der Waals surface area contributed by atoms with Gasteiger partial charge in [-0.25, -0.2) is 4.98 Å². The second-order valence-electron chi connectivity index (χ2n) is 4.87. The smallest absolute Gasteiger partial charge is 0.305 e. The maximum absolute atomic E-state index is 12.7. The molecule has 0 bridgehead atoms. The molecule has 3 rings (SSSR count). The zero-order chi connectivity index (χ0) is 16.4. The highest BCUT2D eigenvalue weighted by Gasteiger charge is 2.30. The topological polar surface area (TPSA) is 54.4 Å². The number of alkyl halides is 3. The van der Waals surface area contributed by atoms with E-state index in [-0.39, 0.29) is 12.3 Å². The van der Waals surface area contributed by atoms with Crippen molar-refractivity contribution in [3.8, 4) is 0 Å². The summed E-state index contributed by atoms with van der Waals surface area (Å²) in [6.07, 6.45) is -3.76. The van der Waals surface area contributed by atoms with E-state index < -0.39 is 11.7 Å². The predicted octanol–water partition coefficient (Wildman–Crippen LogP) is 3.47. The molecule has 122 valence electrons. The van der Waals surface area contributed by atoms with Gasteiger partial charge in [0.25, 0.3) is 0 Å². The minimum absolute atomic E-state index is 0.159. The average molecular weight is 359 g/mol. The first kappa shape index (κ1) is 16.3. The molecule has 2 aromatic rings. The SMILES string of the molecule is O=C(CCc1nc2cc(C(F)(F)F)ccc2s1)NC1=NCCS1. The highest BCUT2D eigenvalue weighted by atomic mass is 32.2. The van der Waals surface area contributed by atoms with Gasteiger partial charge in [0.05, 0.1) is 27.3 Å². The Kier molecular flexibility index (Phi) is 4.58. The Balaban J connectivity index is 1.65. The number of nitrogens with zero attached hydrogens (tertiary/aromatic N) is 2. The van der Waals surface area contributed by atoms with Crippen molar-refractivity contribution in [2.45, 2.75) is 19.0 Å². The molecule has 1 aliphatic rings. The molecule has 1 N–H and O–H groups in total. The van der Waals surface area contributed by atoms with E-state index in [2.05, 4.69) is 15.3 Å². The van der Waals surface area contributed by atoms with Crippen molar-refractivity contribution in [2.24, 2.45) is 4.99 Å². The molecular formula is C14H12F3N3OS2. The van der Waals surface area contributed by atoms with Gasteiger partial charge in [-0.2, -0.15) is 13.2 Å². The van der Waals surface area contributed by atoms with E-state index >= 15 is 0 Å². The zero-order valence-corrected chi connectivity index (χ0v) is 13.4. The van der Waals surface area contributed by atoms with Crippen molar-refractivity contribution in [2.75, 3.05) is 12.3 Å². The summed E-state index contributed by atoms with van der Waals surface area (Å²) in [4.78, 5) is 20.1. The number of rotatable bonds is 3. The molecule has 0 spiro atoms. The van der Waals surface area contributed by atoms with E-state index in [1.54, 1.807) is 0 Å². The summed E-state index contributed by atoms with van der Waals surface area (Å²) in [7, 11) is 0. The van der Waals surface area contributed by atoms with Crippen LogP contribution in [0.25, 0.3) is 10.2 Å². The van der Waals surface area contributed by atoms with E-state index in [0.717, 1.165) is 17.9 Å². The van der Waals surface area contributed by atoms with Crippen molar-refractivity contribution in [3.05, 3.63) is 28.8 Å². The average Bonchev–Trinajstić information content (AvgIpc) is 3.11. The molecule has 1 aromatic carbocycles. The Morgan fingerprint density at radius 1 is 1.35 bits per heavy atom. The van der Waals surface area contributed by atoms with Crippen LogP contribution in [0.15, 0.2) is 23.2 Å². The lowest BCUT2D eigenvalue weighted by Crippen LogP contribution is -2.27. The fourth-order valence-electron chi connectivity index (χ4n) is 2.07. The first-order valence-corrected chi connectivity index (χ1v) is 8.66. The molecule has 0 atom stereocenters. The van der Waals surface area contributed by atoms with E-state index in [1.807, 2.05) is 0 Å². The van der Waals surface area contributed by atoms with Crippen molar-refractivity contribution in [1.29, 1.82) is 0 Å². The molecule has 0 radical (unpaired) electrons. The van der Waals surface area contributed by atoms with Gasteiger partial charge >= 0.3 is 6.18 Å². The summed E-state index contributed by atoms with van der Waals surface area (Å²) in [5.74, 6) is 0.711. The van der Waals surface area contributed by atoms with Crippen molar-refractivity contribution < 1.29 is 18.0 Å². The van der Waals surface area contributed by atoms with Crippen LogP contribution in [0.3, 0.4) is 0 Å². The zero-order valence-electron chi connectivity index (χ0n) is 11.8. The number of carbonyl (C=O) groups excluding carboxylic acids is 1. The summed E-state index contributed by atoms with van der Waals surface area (Å²) < 4.78 is 38.7. The number of amides is 1. The highest BCUT2D eigenvalue weighted by molar-refractivity contribution is 8.14. The molecular weight excluding hydrogens is 347 g/mol. The van der Waals surface area contributed by atoms with E-state index in [4.69, 9.17) is 0 Å². The minimum Gasteiger partial charge on any atom is -0.305 e. The second kappa shape index (κ2) is 6.48. The third-order valence-electron chi connectivity index (χ3n) is 3.16. The van der Waals surface area contributed by atoms with Crippen LogP contribution in [0.5, 0.6) is 0 Å². The Morgan fingerprint density at radius 3 is 2.87 bits per heavy atom. The predicted molar refractivity (Wildman–Crippen MR) is 85.8 cm³/mol. The third-order valence-corrected chi connectivity index (χ3v) is 5.14. The monoisotopic (exact) mass is 359 g/mol. The molecule has 1 aliphatic heterocycles. The Hall–Kier alpha value is -1.61. The quantitative estimate of drug-likeness (QED) is 0.913. The van der Waals surface area contributed by atoms with Gasteiger partial charge in [-0.1, -0.05) is 11.8 Å². The number of hydrogen-bond acceptors (Lipinski definition) is 5. The van der Waals surface area contributed by atoms with Crippen molar-refractivity contribution in [1.82, 2.24) is 10.3 Å². The lowest BCUT2D eigenvalue weighted by Gasteiger charge is -2.04. The number of aliphatic imine (C=N–C) groups is 1. The molecule has 2 heterocycles. The number of aryl methyl sites for hydroxylation is 1. The van der Waals surface area contributed by atoms with Crippen LogP contribution in [-0.4, -0.2) is 28.4 Å². The largest absolute Gasteiger partial charge is 0.416 e. The van der Waals surface area contributed by atoms with Crippen LogP contribution in [0.1, 0.15) is 17.0 Å². The summed E-state index contributed by atoms with van der Waals surface area (Å²) >= 11 is 2.81. The first-order chi connectivity index (χ1) is 10.9. The number of carbonyl (C=O) groups is 1. The maximum atomic E-state index is 12.7. The lowest BCUT2D eigenvalue weighted by atomic mass is 10.2. The number of aromatic nitrogens is 1. The number of nitrogens with one attached hydrogen (secondary N) is 1. The Morgan fingerprint density at radius 2 is 2.17 bits per heavy atom. The van der Waals surface area contributed by atoms with Crippen LogP contribution in [-0.2, 0) is 17.4 Å². The lowest BCUT2D eigenvalue weighted by molar-refractivity contribution is -0.137. The summed E-state index contributed by atoms with van der Waals surface area (Å²) in [6, 6.07) is 3.51. The number of halogens is 3. The van der Waals surface area contributed by atoms with Gasteiger partial charge in [0, 0.05) is 18.6 Å². The van der Waals surface area contributed by atoms with Crippen molar-refractivity contribution >= 4 is 44.4 Å². The van der Waals surface area contributed by atoms with Gasteiger partial charge in [0.2, 0.25) is 5.91 Å². The number of benzene rings is 1. The van der Waals surface area contributed by atoms with Crippen LogP contribution in [0, 0.1) is 0 Å². The Bertz CT molecular complexity index is 770. The summed E-state index contributed by atoms with van der Waals surface area (Å²) in [5, 5.41) is 4.00. The third kappa shape index (κ3) is 4.03. The molecule has 0 saturated heterocycles. The van der Waals surface area contributed by atoms with E-state index in [9.17, 15) is 18.0 Å². The van der Waals surface area contributed by atoms with Gasteiger partial charge < -0.3 is 5.32 Å². The molecule has 1 aromatic heterocycles. The number of hydrogen-bond donors (Lipinski definition) is 1. The molecule has 0 unspecified atom stereocenters. The second-order valence-corrected chi connectivity index (χ2v) is 7.07. The number of thioether (sulfide) groups is 1. The molecule has 0 aliphatic carbocycles. The molecule has 9 heteroatoms. The highest BCUT2D eigenvalue weighted by Crippen LogP contribution is 2.33. The van der Waals surface area contributed by atoms with E-state index in [1.165, 1.54) is 29.2 Å². The van der Waals surface area contributed by atoms with Crippen LogP contribution in [0.4, 0.5) is 13.2 Å². The summed E-state index contributed by atoms with van der Waals surface area (Å²) in [5.41, 5.74) is -0.396. The normalized spacial score (nSPS) is 15.0. The van der Waals surface area contributed by atoms with Gasteiger partial charge in [0.1, 0.15) is 0 Å². The minimum atomic E-state index is -4.38. The fourth-order valence-corrected chi connectivity index (χ4v) is 3.76. The van der Waals surface area contributed by atoms with Gasteiger partial charge in [-0.05, 0) is 18.2 Å². The number of thiazole rings is 1. The first-order valence-electron chi connectivity index (χ1n) is 6.85.